The van der Waals surface area contributed by atoms with E-state index in [2.05, 4.69) is 6.92 Å². The van der Waals surface area contributed by atoms with Crippen molar-refractivity contribution in [3.05, 3.63) is 6.92 Å². The third-order valence-corrected chi connectivity index (χ3v) is 1.90. The molecule has 0 fully saturated rings. The van der Waals surface area contributed by atoms with Gasteiger partial charge in [-0.3, -0.25) is 9.69 Å². The SMILES string of the molecule is [CH2]CN(C)CC(=O)N(CC)CC. The highest BCUT2D eigenvalue weighted by Crippen LogP contribution is 1.91. The summed E-state index contributed by atoms with van der Waals surface area (Å²) in [6.45, 7) is 10.4. The van der Waals surface area contributed by atoms with Crippen LogP contribution in [0, 0.1) is 6.92 Å². The molecule has 0 aromatic rings. The van der Waals surface area contributed by atoms with Gasteiger partial charge in [-0.05, 0) is 34.4 Å². The van der Waals surface area contributed by atoms with Gasteiger partial charge < -0.3 is 4.90 Å². The summed E-state index contributed by atoms with van der Waals surface area (Å²) >= 11 is 0. The Balaban J connectivity index is 3.84. The second-order valence-corrected chi connectivity index (χ2v) is 2.80. The molecule has 0 aliphatic rings. The maximum atomic E-state index is 11.4. The lowest BCUT2D eigenvalue weighted by atomic mass is 10.4. The zero-order chi connectivity index (χ0) is 9.56. The fraction of sp³-hybridized carbons (Fsp3) is 0.778. The van der Waals surface area contributed by atoms with E-state index < -0.39 is 0 Å². The van der Waals surface area contributed by atoms with Crippen LogP contribution in [0.1, 0.15) is 13.8 Å². The first-order valence-electron chi connectivity index (χ1n) is 4.41. The summed E-state index contributed by atoms with van der Waals surface area (Å²) in [5.41, 5.74) is 0. The Kier molecular flexibility index (Phi) is 5.72. The first kappa shape index (κ1) is 11.4. The van der Waals surface area contributed by atoms with Crippen molar-refractivity contribution in [1.82, 2.24) is 9.80 Å². The number of carbonyl (C=O) groups excluding carboxylic acids is 1. The molecule has 0 N–H and O–H groups in total. The summed E-state index contributed by atoms with van der Waals surface area (Å²) < 4.78 is 0. The third kappa shape index (κ3) is 3.72. The molecule has 0 saturated carbocycles. The average Bonchev–Trinajstić information content (AvgIpc) is 2.06. The smallest absolute Gasteiger partial charge is 0.236 e. The molecule has 3 heteroatoms. The van der Waals surface area contributed by atoms with E-state index in [0.29, 0.717) is 13.1 Å². The molecule has 0 spiro atoms. The summed E-state index contributed by atoms with van der Waals surface area (Å²) in [4.78, 5) is 15.2. The van der Waals surface area contributed by atoms with Crippen LogP contribution in [-0.4, -0.2) is 48.9 Å². The van der Waals surface area contributed by atoms with Gasteiger partial charge >= 0.3 is 0 Å². The van der Waals surface area contributed by atoms with Gasteiger partial charge in [-0.15, -0.1) is 0 Å². The van der Waals surface area contributed by atoms with Crippen molar-refractivity contribution in [2.45, 2.75) is 13.8 Å². The standard InChI is InChI=1S/C9H19N2O/c1-5-10(4)8-9(12)11(6-2)7-3/h1,5-8H2,2-4H3. The van der Waals surface area contributed by atoms with Crippen molar-refractivity contribution >= 4 is 5.91 Å². The monoisotopic (exact) mass is 171 g/mol. The van der Waals surface area contributed by atoms with Crippen molar-refractivity contribution < 1.29 is 4.79 Å². The van der Waals surface area contributed by atoms with E-state index in [9.17, 15) is 4.79 Å². The Bertz CT molecular complexity index is 132. The molecule has 0 aliphatic carbocycles. The van der Waals surface area contributed by atoms with Crippen LogP contribution >= 0.6 is 0 Å². The molecule has 0 atom stereocenters. The molecule has 0 rings (SSSR count). The van der Waals surface area contributed by atoms with Gasteiger partial charge in [0.05, 0.1) is 6.54 Å². The molecule has 0 saturated heterocycles. The average molecular weight is 171 g/mol. The number of likely N-dealkylation sites (N-methyl/N-ethyl adjacent to an activating group) is 2. The number of hydrogen-bond acceptors (Lipinski definition) is 2. The van der Waals surface area contributed by atoms with Gasteiger partial charge in [-0.25, -0.2) is 0 Å². The zero-order valence-electron chi connectivity index (χ0n) is 8.34. The minimum atomic E-state index is 0.186. The Labute approximate surface area is 75.3 Å². The molecule has 1 radical (unpaired) electrons. The molecule has 1 amide bonds. The molecular weight excluding hydrogens is 152 g/mol. The Morgan fingerprint density at radius 2 is 1.83 bits per heavy atom. The number of hydrogen-bond donors (Lipinski definition) is 0. The molecule has 0 aromatic carbocycles. The predicted molar refractivity (Wildman–Crippen MR) is 50.8 cm³/mol. The summed E-state index contributed by atoms with van der Waals surface area (Å²) in [5, 5.41) is 0. The Morgan fingerprint density at radius 3 is 2.17 bits per heavy atom. The van der Waals surface area contributed by atoms with Crippen molar-refractivity contribution in [3.8, 4) is 0 Å². The van der Waals surface area contributed by atoms with E-state index >= 15 is 0 Å². The second kappa shape index (κ2) is 6.00. The van der Waals surface area contributed by atoms with E-state index in [1.165, 1.54) is 0 Å². The van der Waals surface area contributed by atoms with E-state index in [-0.39, 0.29) is 5.91 Å². The van der Waals surface area contributed by atoms with E-state index in [1.54, 1.807) is 0 Å². The van der Waals surface area contributed by atoms with Crippen LogP contribution in [0.3, 0.4) is 0 Å². The number of carbonyl (C=O) groups is 1. The molecule has 0 aromatic heterocycles. The minimum absolute atomic E-state index is 0.186. The lowest BCUT2D eigenvalue weighted by Crippen LogP contribution is -2.38. The molecule has 0 bridgehead atoms. The van der Waals surface area contributed by atoms with Gasteiger partial charge in [-0.2, -0.15) is 0 Å². The molecule has 3 nitrogen and oxygen atoms in total. The van der Waals surface area contributed by atoms with Crippen molar-refractivity contribution in [2.24, 2.45) is 0 Å². The van der Waals surface area contributed by atoms with Gasteiger partial charge in [0.2, 0.25) is 5.91 Å². The predicted octanol–water partition coefficient (Wildman–Crippen LogP) is 0.621. The maximum Gasteiger partial charge on any atom is 0.236 e. The maximum absolute atomic E-state index is 11.4. The first-order valence-corrected chi connectivity index (χ1v) is 4.41. The van der Waals surface area contributed by atoms with Crippen molar-refractivity contribution in [3.63, 3.8) is 0 Å². The minimum Gasteiger partial charge on any atom is -0.342 e. The highest BCUT2D eigenvalue weighted by Gasteiger charge is 2.10. The largest absolute Gasteiger partial charge is 0.342 e. The number of amides is 1. The molecular formula is C9H19N2O. The lowest BCUT2D eigenvalue weighted by Gasteiger charge is -2.21. The fourth-order valence-corrected chi connectivity index (χ4v) is 0.986. The third-order valence-electron chi connectivity index (χ3n) is 1.90. The van der Waals surface area contributed by atoms with Crippen LogP contribution in [0.5, 0.6) is 0 Å². The second-order valence-electron chi connectivity index (χ2n) is 2.80. The van der Waals surface area contributed by atoms with Crippen LogP contribution in [0.25, 0.3) is 0 Å². The van der Waals surface area contributed by atoms with Gasteiger partial charge in [0.15, 0.2) is 0 Å². The molecule has 71 valence electrons. The van der Waals surface area contributed by atoms with Crippen LogP contribution in [0.4, 0.5) is 0 Å². The topological polar surface area (TPSA) is 23.6 Å². The summed E-state index contributed by atoms with van der Waals surface area (Å²) in [5.74, 6) is 0.186. The molecule has 0 heterocycles. The van der Waals surface area contributed by atoms with Crippen LogP contribution < -0.4 is 0 Å². The highest BCUT2D eigenvalue weighted by molar-refractivity contribution is 5.78. The van der Waals surface area contributed by atoms with Crippen molar-refractivity contribution in [2.75, 3.05) is 33.2 Å². The quantitative estimate of drug-likeness (QED) is 0.605. The molecule has 0 aliphatic heterocycles. The normalized spacial score (nSPS) is 10.4. The van der Waals surface area contributed by atoms with Gasteiger partial charge in [0.1, 0.15) is 0 Å². The number of rotatable bonds is 5. The molecule has 12 heavy (non-hydrogen) atoms. The van der Waals surface area contributed by atoms with Crippen LogP contribution in [-0.2, 0) is 4.79 Å². The summed E-state index contributed by atoms with van der Waals surface area (Å²) in [6.07, 6.45) is 0. The summed E-state index contributed by atoms with van der Waals surface area (Å²) in [6, 6.07) is 0. The van der Waals surface area contributed by atoms with Gasteiger partial charge in [-0.1, -0.05) is 0 Å². The Morgan fingerprint density at radius 1 is 1.33 bits per heavy atom. The number of nitrogens with zero attached hydrogens (tertiary/aromatic N) is 2. The van der Waals surface area contributed by atoms with Gasteiger partial charge in [0.25, 0.3) is 0 Å². The van der Waals surface area contributed by atoms with E-state index in [1.807, 2.05) is 30.7 Å². The van der Waals surface area contributed by atoms with Crippen molar-refractivity contribution in [1.29, 1.82) is 0 Å². The Hall–Kier alpha value is -0.570. The first-order chi connectivity index (χ1) is 5.65. The fourth-order valence-electron chi connectivity index (χ4n) is 0.986. The van der Waals surface area contributed by atoms with E-state index in [0.717, 1.165) is 13.1 Å². The van der Waals surface area contributed by atoms with E-state index in [4.69, 9.17) is 0 Å². The van der Waals surface area contributed by atoms with Crippen LogP contribution in [0.15, 0.2) is 0 Å². The highest BCUT2D eigenvalue weighted by atomic mass is 16.2. The van der Waals surface area contributed by atoms with Crippen LogP contribution in [0.2, 0.25) is 0 Å². The lowest BCUT2D eigenvalue weighted by molar-refractivity contribution is -0.131. The summed E-state index contributed by atoms with van der Waals surface area (Å²) in [7, 11) is 1.90. The zero-order valence-corrected chi connectivity index (χ0v) is 8.34. The molecule has 0 unspecified atom stereocenters. The van der Waals surface area contributed by atoms with Gasteiger partial charge in [0, 0.05) is 13.1 Å².